The summed E-state index contributed by atoms with van der Waals surface area (Å²) in [5.41, 5.74) is 0.155. The van der Waals surface area contributed by atoms with E-state index in [0.717, 1.165) is 11.8 Å². The largest absolute Gasteiger partial charge is 0.478 e. The predicted octanol–water partition coefficient (Wildman–Crippen LogP) is 1.23. The molecule has 0 bridgehead atoms. The average Bonchev–Trinajstić information content (AvgIpc) is 1.88. The van der Waals surface area contributed by atoms with Crippen LogP contribution in [0.4, 0.5) is 0 Å². The maximum absolute atomic E-state index is 10.1. The van der Waals surface area contributed by atoms with Crippen molar-refractivity contribution < 1.29 is 9.90 Å². The van der Waals surface area contributed by atoms with Gasteiger partial charge in [-0.05, 0) is 18.2 Å². The number of nitriles is 1. The molecule has 0 radical (unpaired) electrons. The minimum atomic E-state index is -0.987. The number of nitrogens with zero attached hydrogens (tertiary/aromatic N) is 1. The third-order valence-electron chi connectivity index (χ3n) is 0.873. The Balaban J connectivity index is 3.43. The Morgan fingerprint density at radius 3 is 2.80 bits per heavy atom. The highest BCUT2D eigenvalue weighted by molar-refractivity contribution is 8.03. The monoisotopic (exact) mass is 157 g/mol. The Labute approximate surface area is 63.3 Å². The second-order valence-corrected chi connectivity index (χ2v) is 2.48. The van der Waals surface area contributed by atoms with E-state index in [9.17, 15) is 4.79 Å². The molecule has 54 valence electrons. The van der Waals surface area contributed by atoms with E-state index in [0.29, 0.717) is 12.2 Å². The molecule has 0 saturated heterocycles. The molecule has 0 aromatic heterocycles. The number of rotatable bonds is 4. The molecule has 3 nitrogen and oxygen atoms in total. The van der Waals surface area contributed by atoms with Gasteiger partial charge in [0.05, 0.1) is 0 Å². The van der Waals surface area contributed by atoms with Gasteiger partial charge >= 0.3 is 5.97 Å². The van der Waals surface area contributed by atoms with E-state index < -0.39 is 5.97 Å². The second-order valence-electron chi connectivity index (χ2n) is 1.60. The van der Waals surface area contributed by atoms with Gasteiger partial charge in [-0.3, -0.25) is 0 Å². The molecule has 0 fully saturated rings. The molecule has 0 atom stereocenters. The van der Waals surface area contributed by atoms with E-state index in [1.165, 1.54) is 0 Å². The zero-order chi connectivity index (χ0) is 7.98. The summed E-state index contributed by atoms with van der Waals surface area (Å²) in [6, 6.07) is 0. The van der Waals surface area contributed by atoms with Gasteiger partial charge in [-0.15, -0.1) is 0 Å². The van der Waals surface area contributed by atoms with Crippen molar-refractivity contribution in [1.29, 1.82) is 5.26 Å². The zero-order valence-corrected chi connectivity index (χ0v) is 6.15. The number of hydrogen-bond acceptors (Lipinski definition) is 3. The first kappa shape index (κ1) is 9.05. The van der Waals surface area contributed by atoms with Crippen molar-refractivity contribution in [2.45, 2.75) is 6.42 Å². The van der Waals surface area contributed by atoms with Crippen LogP contribution in [0.5, 0.6) is 0 Å². The lowest BCUT2D eigenvalue weighted by molar-refractivity contribution is -0.132. The molecule has 10 heavy (non-hydrogen) atoms. The molecule has 0 amide bonds. The second kappa shape index (κ2) is 4.89. The fourth-order valence-electron chi connectivity index (χ4n) is 0.327. The van der Waals surface area contributed by atoms with Gasteiger partial charge in [-0.1, -0.05) is 6.58 Å². The Kier molecular flexibility index (Phi) is 4.42. The molecule has 0 saturated carbocycles. The first-order valence-electron chi connectivity index (χ1n) is 2.60. The molecular formula is C6H7NO2S. The third kappa shape index (κ3) is 3.98. The van der Waals surface area contributed by atoms with Gasteiger partial charge in [0.2, 0.25) is 0 Å². The summed E-state index contributed by atoms with van der Waals surface area (Å²) in [5.74, 6) is -0.486. The molecule has 0 aliphatic heterocycles. The van der Waals surface area contributed by atoms with E-state index >= 15 is 0 Å². The number of hydrogen-bond donors (Lipinski definition) is 1. The fourth-order valence-corrected chi connectivity index (χ4v) is 0.767. The molecule has 0 aliphatic rings. The van der Waals surface area contributed by atoms with Crippen LogP contribution in [0.1, 0.15) is 6.42 Å². The molecule has 0 aromatic rings. The van der Waals surface area contributed by atoms with E-state index in [1.54, 1.807) is 0 Å². The molecule has 4 heteroatoms. The zero-order valence-electron chi connectivity index (χ0n) is 5.33. The number of aliphatic carboxylic acids is 1. The van der Waals surface area contributed by atoms with Crippen molar-refractivity contribution in [3.63, 3.8) is 0 Å². The van der Waals surface area contributed by atoms with Crippen LogP contribution in [0.15, 0.2) is 12.2 Å². The molecule has 0 aromatic carbocycles. The van der Waals surface area contributed by atoms with Crippen molar-refractivity contribution in [3.05, 3.63) is 12.2 Å². The lowest BCUT2D eigenvalue weighted by atomic mass is 10.2. The van der Waals surface area contributed by atoms with Crippen molar-refractivity contribution in [2.24, 2.45) is 0 Å². The van der Waals surface area contributed by atoms with Gasteiger partial charge < -0.3 is 5.11 Å². The van der Waals surface area contributed by atoms with Crippen molar-refractivity contribution in [2.75, 3.05) is 5.75 Å². The van der Waals surface area contributed by atoms with E-state index in [4.69, 9.17) is 10.4 Å². The summed E-state index contributed by atoms with van der Waals surface area (Å²) < 4.78 is 0. The minimum absolute atomic E-state index is 0.155. The van der Waals surface area contributed by atoms with Gasteiger partial charge in [0.15, 0.2) is 0 Å². The maximum Gasteiger partial charge on any atom is 0.330 e. The Hall–Kier alpha value is -0.950. The molecule has 0 aliphatic carbocycles. The summed E-state index contributed by atoms with van der Waals surface area (Å²) in [6.07, 6.45) is 0.369. The van der Waals surface area contributed by atoms with Crippen LogP contribution in [0.2, 0.25) is 0 Å². The summed E-state index contributed by atoms with van der Waals surface area (Å²) in [4.78, 5) is 10.1. The first-order chi connectivity index (χ1) is 4.68. The van der Waals surface area contributed by atoms with Crippen LogP contribution in [0.3, 0.4) is 0 Å². The number of carboxylic acid groups (broad SMARTS) is 1. The first-order valence-corrected chi connectivity index (χ1v) is 3.59. The van der Waals surface area contributed by atoms with Crippen LogP contribution in [0.25, 0.3) is 0 Å². The number of carboxylic acids is 1. The highest BCUT2D eigenvalue weighted by Crippen LogP contribution is 2.05. The topological polar surface area (TPSA) is 61.1 Å². The van der Waals surface area contributed by atoms with Gasteiger partial charge in [0.25, 0.3) is 0 Å². The van der Waals surface area contributed by atoms with Crippen molar-refractivity contribution >= 4 is 17.7 Å². The van der Waals surface area contributed by atoms with Gasteiger partial charge in [0.1, 0.15) is 5.40 Å². The number of thiocyanates is 1. The normalized spacial score (nSPS) is 8.30. The quantitative estimate of drug-likeness (QED) is 0.379. The molecule has 0 rings (SSSR count). The smallest absolute Gasteiger partial charge is 0.330 e. The Morgan fingerprint density at radius 2 is 2.40 bits per heavy atom. The van der Waals surface area contributed by atoms with Crippen LogP contribution >= 0.6 is 11.8 Å². The average molecular weight is 157 g/mol. The fraction of sp³-hybridized carbons (Fsp3) is 0.333. The molecule has 0 heterocycles. The SMILES string of the molecule is C=C(CCSC#N)C(=O)O. The molecule has 0 spiro atoms. The van der Waals surface area contributed by atoms with Crippen LogP contribution < -0.4 is 0 Å². The highest BCUT2D eigenvalue weighted by Gasteiger charge is 2.01. The summed E-state index contributed by atoms with van der Waals surface area (Å²) in [7, 11) is 0. The summed E-state index contributed by atoms with van der Waals surface area (Å²) in [6.45, 7) is 3.30. The lowest BCUT2D eigenvalue weighted by Gasteiger charge is -1.93. The standard InChI is InChI=1S/C6H7NO2S/c1-5(6(8)9)2-3-10-4-7/h1-3H2,(H,8,9). The van der Waals surface area contributed by atoms with Gasteiger partial charge in [0, 0.05) is 11.3 Å². The van der Waals surface area contributed by atoms with Gasteiger partial charge in [-0.2, -0.15) is 5.26 Å². The van der Waals surface area contributed by atoms with Crippen LogP contribution in [0, 0.1) is 10.7 Å². The van der Waals surface area contributed by atoms with Crippen LogP contribution in [-0.2, 0) is 4.79 Å². The van der Waals surface area contributed by atoms with Crippen molar-refractivity contribution in [3.8, 4) is 5.40 Å². The Bertz CT molecular complexity index is 183. The third-order valence-corrected chi connectivity index (χ3v) is 1.41. The molecule has 0 unspecified atom stereocenters. The van der Waals surface area contributed by atoms with Gasteiger partial charge in [-0.25, -0.2) is 4.79 Å². The number of carbonyl (C=O) groups is 1. The highest BCUT2D eigenvalue weighted by atomic mass is 32.2. The summed E-state index contributed by atoms with van der Waals surface area (Å²) >= 11 is 1.04. The van der Waals surface area contributed by atoms with Crippen molar-refractivity contribution in [1.82, 2.24) is 0 Å². The summed E-state index contributed by atoms with van der Waals surface area (Å²) in [5, 5.41) is 18.2. The lowest BCUT2D eigenvalue weighted by Crippen LogP contribution is -1.99. The maximum atomic E-state index is 10.1. The number of thioether (sulfide) groups is 1. The van der Waals surface area contributed by atoms with E-state index in [-0.39, 0.29) is 5.57 Å². The Morgan fingerprint density at radius 1 is 1.80 bits per heavy atom. The van der Waals surface area contributed by atoms with E-state index in [2.05, 4.69) is 6.58 Å². The van der Waals surface area contributed by atoms with Crippen LogP contribution in [-0.4, -0.2) is 16.8 Å². The van der Waals surface area contributed by atoms with E-state index in [1.807, 2.05) is 5.40 Å². The molecule has 1 N–H and O–H groups in total. The predicted molar refractivity (Wildman–Crippen MR) is 39.5 cm³/mol. The molecular weight excluding hydrogens is 150 g/mol. The minimum Gasteiger partial charge on any atom is -0.478 e.